The first kappa shape index (κ1) is 14.6. The lowest BCUT2D eigenvalue weighted by Gasteiger charge is -2.14. The Morgan fingerprint density at radius 1 is 1.38 bits per heavy atom. The van der Waals surface area contributed by atoms with Crippen molar-refractivity contribution in [2.24, 2.45) is 5.73 Å². The Morgan fingerprint density at radius 3 is 2.86 bits per heavy atom. The molecule has 0 saturated carbocycles. The van der Waals surface area contributed by atoms with Crippen LogP contribution in [0.15, 0.2) is 30.9 Å². The number of amides is 3. The third-order valence-electron chi connectivity index (χ3n) is 2.61. The molecular formula is C12H17N7O2. The molecule has 0 saturated heterocycles. The van der Waals surface area contributed by atoms with Gasteiger partial charge >= 0.3 is 6.03 Å². The van der Waals surface area contributed by atoms with E-state index >= 15 is 0 Å². The number of carbonyl (C=O) groups is 2. The first-order valence-electron chi connectivity index (χ1n) is 6.38. The largest absolute Gasteiger partial charge is 0.368 e. The van der Waals surface area contributed by atoms with Crippen LogP contribution >= 0.6 is 0 Å². The molecule has 0 aliphatic heterocycles. The Bertz CT molecular complexity index is 605. The van der Waals surface area contributed by atoms with E-state index in [1.807, 2.05) is 19.2 Å². The van der Waals surface area contributed by atoms with E-state index < -0.39 is 5.91 Å². The number of rotatable bonds is 6. The van der Waals surface area contributed by atoms with Crippen LogP contribution in [0.3, 0.4) is 0 Å². The minimum atomic E-state index is -0.498. The van der Waals surface area contributed by atoms with Gasteiger partial charge in [0.15, 0.2) is 0 Å². The van der Waals surface area contributed by atoms with Crippen molar-refractivity contribution >= 4 is 17.6 Å². The number of urea groups is 1. The van der Waals surface area contributed by atoms with Crippen LogP contribution in [0, 0.1) is 0 Å². The number of carbonyl (C=O) groups excluding carboxylic acids is 2. The molecule has 0 aliphatic carbocycles. The highest BCUT2D eigenvalue weighted by Crippen LogP contribution is 2.04. The third kappa shape index (κ3) is 4.64. The lowest BCUT2D eigenvalue weighted by atomic mass is 10.3. The Balaban J connectivity index is 1.81. The van der Waals surface area contributed by atoms with Crippen LogP contribution in [0.1, 0.15) is 6.92 Å². The smallest absolute Gasteiger partial charge is 0.319 e. The second-order valence-corrected chi connectivity index (χ2v) is 4.62. The van der Waals surface area contributed by atoms with Crippen molar-refractivity contribution < 1.29 is 9.59 Å². The molecule has 0 aromatic carbocycles. The SMILES string of the molecule is CC(Cn1cccn1)NC(=O)Nc1cnn(CC(N)=O)c1. The molecular weight excluding hydrogens is 274 g/mol. The summed E-state index contributed by atoms with van der Waals surface area (Å²) >= 11 is 0. The van der Waals surface area contributed by atoms with Gasteiger partial charge in [-0.3, -0.25) is 14.2 Å². The summed E-state index contributed by atoms with van der Waals surface area (Å²) in [5.41, 5.74) is 5.54. The number of hydrogen-bond acceptors (Lipinski definition) is 4. The summed E-state index contributed by atoms with van der Waals surface area (Å²) in [6.07, 6.45) is 6.48. The van der Waals surface area contributed by atoms with Crippen LogP contribution in [0.5, 0.6) is 0 Å². The van der Waals surface area contributed by atoms with Crippen molar-refractivity contribution in [1.82, 2.24) is 24.9 Å². The van der Waals surface area contributed by atoms with Gasteiger partial charge in [0.2, 0.25) is 5.91 Å². The van der Waals surface area contributed by atoms with Crippen molar-refractivity contribution in [3.05, 3.63) is 30.9 Å². The van der Waals surface area contributed by atoms with E-state index in [0.29, 0.717) is 12.2 Å². The van der Waals surface area contributed by atoms with E-state index in [-0.39, 0.29) is 18.6 Å². The Hall–Kier alpha value is -2.84. The van der Waals surface area contributed by atoms with E-state index in [1.54, 1.807) is 10.9 Å². The fourth-order valence-corrected chi connectivity index (χ4v) is 1.80. The van der Waals surface area contributed by atoms with Crippen LogP contribution in [-0.4, -0.2) is 37.5 Å². The number of hydrogen-bond donors (Lipinski definition) is 3. The predicted molar refractivity (Wildman–Crippen MR) is 75.3 cm³/mol. The summed E-state index contributed by atoms with van der Waals surface area (Å²) in [4.78, 5) is 22.6. The fourth-order valence-electron chi connectivity index (χ4n) is 1.80. The molecule has 2 aromatic heterocycles. The van der Waals surface area contributed by atoms with E-state index in [1.165, 1.54) is 17.1 Å². The minimum absolute atomic E-state index is 0.0288. The van der Waals surface area contributed by atoms with Crippen LogP contribution < -0.4 is 16.4 Å². The van der Waals surface area contributed by atoms with Crippen LogP contribution in [0.2, 0.25) is 0 Å². The molecule has 9 heteroatoms. The standard InChI is InChI=1S/C12H17N7O2/c1-9(6-18-4-2-3-14-18)16-12(21)17-10-5-15-19(7-10)8-11(13)20/h2-5,7,9H,6,8H2,1H3,(H2,13,20)(H2,16,17,21). The second-order valence-electron chi connectivity index (χ2n) is 4.62. The zero-order valence-corrected chi connectivity index (χ0v) is 11.6. The van der Waals surface area contributed by atoms with E-state index in [4.69, 9.17) is 5.73 Å². The highest BCUT2D eigenvalue weighted by molar-refractivity contribution is 5.89. The number of primary amides is 1. The van der Waals surface area contributed by atoms with Crippen molar-refractivity contribution in [2.75, 3.05) is 5.32 Å². The highest BCUT2D eigenvalue weighted by Gasteiger charge is 2.09. The molecule has 0 fully saturated rings. The van der Waals surface area contributed by atoms with Crippen molar-refractivity contribution in [3.63, 3.8) is 0 Å². The zero-order chi connectivity index (χ0) is 15.2. The van der Waals surface area contributed by atoms with Gasteiger partial charge in [0.1, 0.15) is 6.54 Å². The van der Waals surface area contributed by atoms with Crippen LogP contribution in [0.25, 0.3) is 0 Å². The van der Waals surface area contributed by atoms with Crippen LogP contribution in [0.4, 0.5) is 10.5 Å². The maximum Gasteiger partial charge on any atom is 0.319 e. The van der Waals surface area contributed by atoms with Gasteiger partial charge in [-0.2, -0.15) is 10.2 Å². The van der Waals surface area contributed by atoms with E-state index in [2.05, 4.69) is 20.8 Å². The maximum atomic E-state index is 11.8. The molecule has 1 unspecified atom stereocenters. The zero-order valence-electron chi connectivity index (χ0n) is 11.6. The highest BCUT2D eigenvalue weighted by atomic mass is 16.2. The average molecular weight is 291 g/mol. The van der Waals surface area contributed by atoms with Gasteiger partial charge in [-0.25, -0.2) is 4.79 Å². The molecule has 2 rings (SSSR count). The molecule has 112 valence electrons. The molecule has 0 aliphatic rings. The summed E-state index contributed by atoms with van der Waals surface area (Å²) in [6, 6.07) is 1.37. The minimum Gasteiger partial charge on any atom is -0.368 e. The molecule has 2 aromatic rings. The molecule has 9 nitrogen and oxygen atoms in total. The first-order chi connectivity index (χ1) is 10.0. The number of nitrogens with one attached hydrogen (secondary N) is 2. The monoisotopic (exact) mass is 291 g/mol. The predicted octanol–water partition coefficient (Wildman–Crippen LogP) is -0.225. The fraction of sp³-hybridized carbons (Fsp3) is 0.333. The van der Waals surface area contributed by atoms with Gasteiger partial charge in [0.05, 0.1) is 18.4 Å². The molecule has 3 amide bonds. The molecule has 1 atom stereocenters. The maximum absolute atomic E-state index is 11.8. The van der Waals surface area contributed by atoms with Crippen LogP contribution in [-0.2, 0) is 17.9 Å². The van der Waals surface area contributed by atoms with Gasteiger partial charge in [-0.1, -0.05) is 0 Å². The second kappa shape index (κ2) is 6.55. The van der Waals surface area contributed by atoms with Crippen molar-refractivity contribution in [2.45, 2.75) is 26.1 Å². The summed E-state index contributed by atoms with van der Waals surface area (Å²) in [5.74, 6) is -0.498. The normalized spacial score (nSPS) is 11.9. The first-order valence-corrected chi connectivity index (χ1v) is 6.38. The number of nitrogens with zero attached hydrogens (tertiary/aromatic N) is 4. The van der Waals surface area contributed by atoms with E-state index in [0.717, 1.165) is 0 Å². The van der Waals surface area contributed by atoms with E-state index in [9.17, 15) is 9.59 Å². The third-order valence-corrected chi connectivity index (χ3v) is 2.61. The molecule has 0 spiro atoms. The van der Waals surface area contributed by atoms with Gasteiger partial charge in [-0.15, -0.1) is 0 Å². The number of aromatic nitrogens is 4. The van der Waals surface area contributed by atoms with Gasteiger partial charge in [0.25, 0.3) is 0 Å². The lowest BCUT2D eigenvalue weighted by molar-refractivity contribution is -0.118. The topological polar surface area (TPSA) is 120 Å². The molecule has 0 bridgehead atoms. The Labute approximate surface area is 121 Å². The van der Waals surface area contributed by atoms with Crippen molar-refractivity contribution in [3.8, 4) is 0 Å². The quantitative estimate of drug-likeness (QED) is 0.681. The molecule has 21 heavy (non-hydrogen) atoms. The average Bonchev–Trinajstić information content (AvgIpc) is 3.00. The summed E-state index contributed by atoms with van der Waals surface area (Å²) in [6.45, 7) is 2.41. The summed E-state index contributed by atoms with van der Waals surface area (Å²) in [7, 11) is 0. The molecule has 2 heterocycles. The van der Waals surface area contributed by atoms with Gasteiger partial charge in [0, 0.05) is 24.6 Å². The summed E-state index contributed by atoms with van der Waals surface area (Å²) < 4.78 is 3.08. The van der Waals surface area contributed by atoms with Gasteiger partial charge in [-0.05, 0) is 13.0 Å². The number of anilines is 1. The Kier molecular flexibility index (Phi) is 4.54. The van der Waals surface area contributed by atoms with Crippen molar-refractivity contribution in [1.29, 1.82) is 0 Å². The van der Waals surface area contributed by atoms with Gasteiger partial charge < -0.3 is 16.4 Å². The lowest BCUT2D eigenvalue weighted by Crippen LogP contribution is -2.38. The molecule has 0 radical (unpaired) electrons. The Morgan fingerprint density at radius 2 is 2.19 bits per heavy atom. The molecule has 4 N–H and O–H groups in total. The summed E-state index contributed by atoms with van der Waals surface area (Å²) in [5, 5.41) is 13.4. The number of nitrogens with two attached hydrogens (primary N) is 1.